The zero-order valence-corrected chi connectivity index (χ0v) is 12.0. The Morgan fingerprint density at radius 2 is 2.35 bits per heavy atom. The van der Waals surface area contributed by atoms with Crippen LogP contribution < -0.4 is 5.32 Å². The molecule has 102 valence electrons. The van der Waals surface area contributed by atoms with Gasteiger partial charge in [-0.15, -0.1) is 11.3 Å². The molecule has 0 saturated heterocycles. The highest BCUT2D eigenvalue weighted by molar-refractivity contribution is 7.13. The Labute approximate surface area is 125 Å². The second-order valence-corrected chi connectivity index (χ2v) is 5.06. The maximum absolute atomic E-state index is 12.0. The molecule has 0 aliphatic heterocycles. The molecular formula is C14H11ClN2O2S. The highest BCUT2D eigenvalue weighted by Gasteiger charge is 2.09. The first-order chi connectivity index (χ1) is 9.70. The lowest BCUT2D eigenvalue weighted by atomic mass is 10.1. The second kappa shape index (κ2) is 7.06. The van der Waals surface area contributed by atoms with Crippen molar-refractivity contribution in [1.29, 1.82) is 0 Å². The number of aromatic nitrogens is 1. The second-order valence-electron chi connectivity index (χ2n) is 3.76. The molecule has 1 aromatic carbocycles. The van der Waals surface area contributed by atoms with Crippen molar-refractivity contribution in [3.63, 3.8) is 0 Å². The van der Waals surface area contributed by atoms with E-state index in [1.54, 1.807) is 29.8 Å². The van der Waals surface area contributed by atoms with E-state index in [2.05, 4.69) is 22.1 Å². The summed E-state index contributed by atoms with van der Waals surface area (Å²) in [6.07, 6.45) is 2.01. The molecule has 2 aromatic rings. The summed E-state index contributed by atoms with van der Waals surface area (Å²) in [5, 5.41) is 14.1. The Balaban J connectivity index is 2.12. The average molecular weight is 307 g/mol. The highest BCUT2D eigenvalue weighted by Crippen LogP contribution is 2.19. The first kappa shape index (κ1) is 14.5. The van der Waals surface area contributed by atoms with Gasteiger partial charge in [-0.25, -0.2) is 4.98 Å². The molecular weight excluding hydrogens is 296 g/mol. The number of amides is 1. The SMILES string of the molecule is O=C(Nc1nccs1)c1ccc(C#CCCO)c(Cl)c1. The first-order valence-corrected chi connectivity index (χ1v) is 7.06. The minimum atomic E-state index is -0.267. The quantitative estimate of drug-likeness (QED) is 0.857. The number of rotatable bonds is 3. The van der Waals surface area contributed by atoms with Crippen molar-refractivity contribution < 1.29 is 9.90 Å². The van der Waals surface area contributed by atoms with Crippen molar-refractivity contribution in [3.8, 4) is 11.8 Å². The lowest BCUT2D eigenvalue weighted by Crippen LogP contribution is -2.11. The third-order valence-electron chi connectivity index (χ3n) is 2.34. The lowest BCUT2D eigenvalue weighted by Gasteiger charge is -2.03. The topological polar surface area (TPSA) is 62.2 Å². The molecule has 0 saturated carbocycles. The molecule has 0 aliphatic rings. The van der Waals surface area contributed by atoms with Crippen molar-refractivity contribution in [2.45, 2.75) is 6.42 Å². The summed E-state index contributed by atoms with van der Waals surface area (Å²) in [4.78, 5) is 15.9. The van der Waals surface area contributed by atoms with E-state index in [9.17, 15) is 4.79 Å². The lowest BCUT2D eigenvalue weighted by molar-refractivity contribution is 0.102. The fraction of sp³-hybridized carbons (Fsp3) is 0.143. The summed E-state index contributed by atoms with van der Waals surface area (Å²) in [6.45, 7) is 0.0128. The van der Waals surface area contributed by atoms with E-state index >= 15 is 0 Å². The van der Waals surface area contributed by atoms with Crippen LogP contribution in [0.1, 0.15) is 22.3 Å². The zero-order valence-electron chi connectivity index (χ0n) is 10.4. The fourth-order valence-corrected chi connectivity index (χ4v) is 2.18. The van der Waals surface area contributed by atoms with Gasteiger partial charge in [0.15, 0.2) is 5.13 Å². The van der Waals surface area contributed by atoms with E-state index in [1.807, 2.05) is 0 Å². The largest absolute Gasteiger partial charge is 0.395 e. The van der Waals surface area contributed by atoms with Crippen LogP contribution >= 0.6 is 22.9 Å². The van der Waals surface area contributed by atoms with E-state index in [-0.39, 0.29) is 12.5 Å². The van der Waals surface area contributed by atoms with Gasteiger partial charge in [-0.3, -0.25) is 10.1 Å². The number of benzene rings is 1. The van der Waals surface area contributed by atoms with Gasteiger partial charge in [0.2, 0.25) is 0 Å². The molecule has 0 aliphatic carbocycles. The zero-order chi connectivity index (χ0) is 14.4. The number of halogens is 1. The molecule has 4 nitrogen and oxygen atoms in total. The molecule has 1 aromatic heterocycles. The Bertz CT molecular complexity index is 660. The van der Waals surface area contributed by atoms with Crippen molar-refractivity contribution >= 4 is 34.0 Å². The summed E-state index contributed by atoms with van der Waals surface area (Å²) in [7, 11) is 0. The third kappa shape index (κ3) is 3.81. The van der Waals surface area contributed by atoms with Crippen LogP contribution in [-0.4, -0.2) is 22.6 Å². The predicted octanol–water partition coefficient (Wildman–Crippen LogP) is 2.78. The van der Waals surface area contributed by atoms with Gasteiger partial charge in [0.25, 0.3) is 5.91 Å². The van der Waals surface area contributed by atoms with Gasteiger partial charge in [0.05, 0.1) is 11.6 Å². The number of carbonyl (C=O) groups excluding carboxylic acids is 1. The molecule has 0 bridgehead atoms. The maximum Gasteiger partial charge on any atom is 0.257 e. The molecule has 0 fully saturated rings. The van der Waals surface area contributed by atoms with Crippen LogP contribution in [0.2, 0.25) is 5.02 Å². The van der Waals surface area contributed by atoms with Crippen molar-refractivity contribution in [3.05, 3.63) is 45.9 Å². The number of aliphatic hydroxyl groups is 1. The van der Waals surface area contributed by atoms with Gasteiger partial charge in [-0.1, -0.05) is 23.4 Å². The predicted molar refractivity (Wildman–Crippen MR) is 80.1 cm³/mol. The Morgan fingerprint density at radius 1 is 1.50 bits per heavy atom. The standard InChI is InChI=1S/C14H11ClN2O2S/c15-12-9-11(5-4-10(12)3-1-2-7-18)13(19)17-14-16-6-8-20-14/h4-6,8-9,18H,2,7H2,(H,16,17,19). The third-order valence-corrected chi connectivity index (χ3v) is 3.35. The Kier molecular flexibility index (Phi) is 5.13. The van der Waals surface area contributed by atoms with E-state index in [0.29, 0.717) is 27.7 Å². The Hall–Kier alpha value is -1.87. The number of carbonyl (C=O) groups is 1. The van der Waals surface area contributed by atoms with Crippen LogP contribution in [0.3, 0.4) is 0 Å². The fourth-order valence-electron chi connectivity index (χ4n) is 1.43. The van der Waals surface area contributed by atoms with Crippen molar-refractivity contribution in [2.75, 3.05) is 11.9 Å². The average Bonchev–Trinajstić information content (AvgIpc) is 2.93. The molecule has 0 spiro atoms. The molecule has 2 rings (SSSR count). The molecule has 2 N–H and O–H groups in total. The van der Waals surface area contributed by atoms with E-state index < -0.39 is 0 Å². The molecule has 0 unspecified atom stereocenters. The molecule has 20 heavy (non-hydrogen) atoms. The molecule has 0 radical (unpaired) electrons. The number of thiazole rings is 1. The van der Waals surface area contributed by atoms with Gasteiger partial charge in [-0.05, 0) is 18.2 Å². The number of anilines is 1. The van der Waals surface area contributed by atoms with E-state index in [0.717, 1.165) is 0 Å². The van der Waals surface area contributed by atoms with Gasteiger partial charge in [0.1, 0.15) is 0 Å². The number of nitrogens with zero attached hydrogens (tertiary/aromatic N) is 1. The van der Waals surface area contributed by atoms with Crippen molar-refractivity contribution in [1.82, 2.24) is 4.98 Å². The van der Waals surface area contributed by atoms with Gasteiger partial charge in [-0.2, -0.15) is 0 Å². The first-order valence-electron chi connectivity index (χ1n) is 5.81. The van der Waals surface area contributed by atoms with Crippen molar-refractivity contribution in [2.24, 2.45) is 0 Å². The maximum atomic E-state index is 12.0. The van der Waals surface area contributed by atoms with Crippen LogP contribution in [-0.2, 0) is 0 Å². The van der Waals surface area contributed by atoms with E-state index in [1.165, 1.54) is 11.3 Å². The number of nitrogens with one attached hydrogen (secondary N) is 1. The molecule has 6 heteroatoms. The number of hydrogen-bond donors (Lipinski definition) is 2. The molecule has 0 atom stereocenters. The van der Waals surface area contributed by atoms with Crippen LogP contribution in [0.25, 0.3) is 0 Å². The van der Waals surface area contributed by atoms with Crippen LogP contribution in [0.5, 0.6) is 0 Å². The van der Waals surface area contributed by atoms with Crippen LogP contribution in [0, 0.1) is 11.8 Å². The summed E-state index contributed by atoms with van der Waals surface area (Å²) < 4.78 is 0. The van der Waals surface area contributed by atoms with Gasteiger partial charge >= 0.3 is 0 Å². The van der Waals surface area contributed by atoms with Crippen LogP contribution in [0.4, 0.5) is 5.13 Å². The van der Waals surface area contributed by atoms with E-state index in [4.69, 9.17) is 16.7 Å². The number of aliphatic hydroxyl groups excluding tert-OH is 1. The summed E-state index contributed by atoms with van der Waals surface area (Å²) in [5.74, 6) is 5.36. The monoisotopic (exact) mass is 306 g/mol. The summed E-state index contributed by atoms with van der Waals surface area (Å²) in [5.41, 5.74) is 1.07. The van der Waals surface area contributed by atoms with Gasteiger partial charge in [0, 0.05) is 29.1 Å². The van der Waals surface area contributed by atoms with Gasteiger partial charge < -0.3 is 5.11 Å². The molecule has 1 amide bonds. The normalized spacial score (nSPS) is 9.70. The minimum absolute atomic E-state index is 0.0128. The Morgan fingerprint density at radius 3 is 3.00 bits per heavy atom. The minimum Gasteiger partial charge on any atom is -0.395 e. The summed E-state index contributed by atoms with van der Waals surface area (Å²) >= 11 is 7.42. The summed E-state index contributed by atoms with van der Waals surface area (Å²) in [6, 6.07) is 4.90. The number of hydrogen-bond acceptors (Lipinski definition) is 4. The smallest absolute Gasteiger partial charge is 0.257 e. The molecule has 1 heterocycles. The van der Waals surface area contributed by atoms with Crippen LogP contribution in [0.15, 0.2) is 29.8 Å². The highest BCUT2D eigenvalue weighted by atomic mass is 35.5.